The van der Waals surface area contributed by atoms with Gasteiger partial charge in [-0.3, -0.25) is 9.59 Å². The second kappa shape index (κ2) is 10.2. The predicted molar refractivity (Wildman–Crippen MR) is 136 cm³/mol. The van der Waals surface area contributed by atoms with Crippen molar-refractivity contribution in [1.29, 1.82) is 0 Å². The highest BCUT2D eigenvalue weighted by Gasteiger charge is 2.08. The zero-order chi connectivity index (χ0) is 23.2. The topological polar surface area (TPSA) is 78.1 Å². The van der Waals surface area contributed by atoms with Gasteiger partial charge in [0.05, 0.1) is 16.8 Å². The van der Waals surface area contributed by atoms with Crippen molar-refractivity contribution < 1.29 is 9.59 Å². The molecule has 166 valence electrons. The van der Waals surface area contributed by atoms with Crippen LogP contribution >= 0.6 is 11.8 Å². The van der Waals surface area contributed by atoms with Gasteiger partial charge in [-0.1, -0.05) is 42.1 Å². The van der Waals surface area contributed by atoms with Gasteiger partial charge < -0.3 is 15.2 Å². The molecule has 4 rings (SSSR count). The molecular formula is C26H24N4O2S. The molecule has 0 spiro atoms. The van der Waals surface area contributed by atoms with Crippen LogP contribution < -0.4 is 10.2 Å². The van der Waals surface area contributed by atoms with Crippen molar-refractivity contribution in [1.82, 2.24) is 9.97 Å². The zero-order valence-electron chi connectivity index (χ0n) is 18.4. The lowest BCUT2D eigenvalue weighted by molar-refractivity contribution is -0.113. The van der Waals surface area contributed by atoms with E-state index < -0.39 is 0 Å². The Labute approximate surface area is 196 Å². The number of carbonyl (C=O) groups excluding carboxylic acids is 2. The number of anilines is 2. The lowest BCUT2D eigenvalue weighted by Crippen LogP contribution is -2.14. The quantitative estimate of drug-likeness (QED) is 0.215. The number of nitrogens with zero attached hydrogens (tertiary/aromatic N) is 2. The molecule has 0 atom stereocenters. The van der Waals surface area contributed by atoms with Gasteiger partial charge >= 0.3 is 0 Å². The van der Waals surface area contributed by atoms with Crippen LogP contribution in [0, 0.1) is 0 Å². The van der Waals surface area contributed by atoms with E-state index >= 15 is 0 Å². The van der Waals surface area contributed by atoms with Crippen LogP contribution in [0.25, 0.3) is 17.1 Å². The third kappa shape index (κ3) is 5.90. The molecule has 2 N–H and O–H groups in total. The van der Waals surface area contributed by atoms with Crippen LogP contribution in [-0.4, -0.2) is 41.5 Å². The molecule has 6 nitrogen and oxygen atoms in total. The molecule has 3 aromatic carbocycles. The Balaban J connectivity index is 1.29. The summed E-state index contributed by atoms with van der Waals surface area (Å²) in [6.07, 6.45) is 3.36. The van der Waals surface area contributed by atoms with Crippen LogP contribution in [0.15, 0.2) is 84.0 Å². The highest BCUT2D eigenvalue weighted by atomic mass is 32.2. The summed E-state index contributed by atoms with van der Waals surface area (Å²) < 4.78 is 0. The van der Waals surface area contributed by atoms with Gasteiger partial charge in [0, 0.05) is 31.0 Å². The number of thioether (sulfide) groups is 1. The Morgan fingerprint density at radius 3 is 2.42 bits per heavy atom. The molecule has 1 aromatic heterocycles. The van der Waals surface area contributed by atoms with Crippen LogP contribution in [0.3, 0.4) is 0 Å². The minimum atomic E-state index is -0.138. The van der Waals surface area contributed by atoms with Crippen LogP contribution in [0.1, 0.15) is 15.9 Å². The maximum atomic E-state index is 12.5. The maximum Gasteiger partial charge on any atom is 0.234 e. The molecule has 0 saturated heterocycles. The second-order valence-electron chi connectivity index (χ2n) is 7.66. The van der Waals surface area contributed by atoms with Crippen LogP contribution in [0.2, 0.25) is 0 Å². The number of aromatic nitrogens is 2. The molecule has 0 unspecified atom stereocenters. The number of fused-ring (bicyclic) bond motifs is 1. The number of imidazole rings is 1. The molecule has 1 amide bonds. The number of para-hydroxylation sites is 2. The number of ketones is 1. The van der Waals surface area contributed by atoms with Crippen molar-refractivity contribution in [2.75, 3.05) is 30.1 Å². The summed E-state index contributed by atoms with van der Waals surface area (Å²) in [5.41, 5.74) is 5.09. The molecule has 0 aliphatic heterocycles. The monoisotopic (exact) mass is 456 g/mol. The van der Waals surface area contributed by atoms with E-state index in [0.29, 0.717) is 16.4 Å². The Morgan fingerprint density at radius 2 is 1.73 bits per heavy atom. The Morgan fingerprint density at radius 1 is 1.00 bits per heavy atom. The minimum Gasteiger partial charge on any atom is -0.378 e. The van der Waals surface area contributed by atoms with Crippen molar-refractivity contribution in [2.45, 2.75) is 5.16 Å². The van der Waals surface area contributed by atoms with E-state index in [9.17, 15) is 9.59 Å². The average Bonchev–Trinajstić information content (AvgIpc) is 3.25. The fraction of sp³-hybridized carbons (Fsp3) is 0.115. The number of H-pyrrole nitrogens is 1. The predicted octanol–water partition coefficient (Wildman–Crippen LogP) is 5.26. The lowest BCUT2D eigenvalue weighted by atomic mass is 10.1. The molecule has 1 heterocycles. The van der Waals surface area contributed by atoms with Crippen molar-refractivity contribution in [2.24, 2.45) is 0 Å². The number of hydrogen-bond donors (Lipinski definition) is 2. The lowest BCUT2D eigenvalue weighted by Gasteiger charge is -2.11. The second-order valence-corrected chi connectivity index (χ2v) is 8.62. The van der Waals surface area contributed by atoms with Gasteiger partial charge in [-0.05, 0) is 60.2 Å². The van der Waals surface area contributed by atoms with Crippen LogP contribution in [-0.2, 0) is 4.79 Å². The number of amides is 1. The number of allylic oxidation sites excluding steroid dienone is 1. The van der Waals surface area contributed by atoms with Gasteiger partial charge in [0.1, 0.15) is 0 Å². The highest BCUT2D eigenvalue weighted by Crippen LogP contribution is 2.20. The van der Waals surface area contributed by atoms with Crippen molar-refractivity contribution in [3.8, 4) is 0 Å². The first-order valence-corrected chi connectivity index (χ1v) is 11.4. The number of benzene rings is 3. The van der Waals surface area contributed by atoms with Gasteiger partial charge in [-0.15, -0.1) is 0 Å². The molecule has 0 fully saturated rings. The van der Waals surface area contributed by atoms with Crippen molar-refractivity contribution in [3.63, 3.8) is 0 Å². The normalized spacial score (nSPS) is 11.1. The summed E-state index contributed by atoms with van der Waals surface area (Å²) in [7, 11) is 3.97. The fourth-order valence-corrected chi connectivity index (χ4v) is 3.88. The first-order chi connectivity index (χ1) is 16.0. The Hall–Kier alpha value is -3.84. The molecule has 0 radical (unpaired) electrons. The van der Waals surface area contributed by atoms with E-state index in [0.717, 1.165) is 22.3 Å². The number of carbonyl (C=O) groups is 2. The molecular weight excluding hydrogens is 432 g/mol. The molecule has 4 aromatic rings. The molecule has 7 heteroatoms. The van der Waals surface area contributed by atoms with E-state index in [4.69, 9.17) is 0 Å². The zero-order valence-corrected chi connectivity index (χ0v) is 19.2. The van der Waals surface area contributed by atoms with E-state index in [-0.39, 0.29) is 17.4 Å². The molecule has 0 saturated carbocycles. The first-order valence-electron chi connectivity index (χ1n) is 10.5. The maximum absolute atomic E-state index is 12.5. The first kappa shape index (κ1) is 22.4. The molecule has 33 heavy (non-hydrogen) atoms. The standard InChI is InChI=1S/C26H24N4O2S/c1-30(2)21-14-7-18(8-15-21)9-16-24(31)19-10-12-20(13-11-19)27-25(32)17-33-26-28-22-5-3-4-6-23(22)29-26/h3-16H,17H2,1-2H3,(H,27,32)(H,28,29)/b16-9+. The van der Waals surface area contributed by atoms with Crippen molar-refractivity contribution in [3.05, 3.63) is 90.0 Å². The fourth-order valence-electron chi connectivity index (χ4n) is 3.20. The Kier molecular flexibility index (Phi) is 6.90. The minimum absolute atomic E-state index is 0.0926. The summed E-state index contributed by atoms with van der Waals surface area (Å²) in [5.74, 6) is 0.00108. The van der Waals surface area contributed by atoms with E-state index in [1.54, 1.807) is 36.4 Å². The number of nitrogens with one attached hydrogen (secondary N) is 2. The van der Waals surface area contributed by atoms with Gasteiger partial charge in [0.25, 0.3) is 0 Å². The van der Waals surface area contributed by atoms with Crippen LogP contribution in [0.5, 0.6) is 0 Å². The van der Waals surface area contributed by atoms with Gasteiger partial charge in [-0.2, -0.15) is 0 Å². The number of hydrogen-bond acceptors (Lipinski definition) is 5. The third-order valence-corrected chi connectivity index (χ3v) is 5.87. The SMILES string of the molecule is CN(C)c1ccc(/C=C/C(=O)c2ccc(NC(=O)CSc3nc4ccccc4[nH]3)cc2)cc1. The molecule has 0 aliphatic carbocycles. The van der Waals surface area contributed by atoms with Crippen molar-refractivity contribution >= 4 is 51.9 Å². The van der Waals surface area contributed by atoms with E-state index in [2.05, 4.69) is 15.3 Å². The summed E-state index contributed by atoms with van der Waals surface area (Å²) in [5, 5.41) is 3.55. The molecule has 0 aliphatic rings. The third-order valence-electron chi connectivity index (χ3n) is 5.00. The Bertz CT molecular complexity index is 1260. The van der Waals surface area contributed by atoms with E-state index in [1.165, 1.54) is 11.8 Å². The van der Waals surface area contributed by atoms with Gasteiger partial charge in [-0.25, -0.2) is 4.98 Å². The summed E-state index contributed by atoms with van der Waals surface area (Å²) in [6, 6.07) is 22.6. The number of aromatic amines is 1. The van der Waals surface area contributed by atoms with Gasteiger partial charge in [0.2, 0.25) is 5.91 Å². The van der Waals surface area contributed by atoms with E-state index in [1.807, 2.05) is 67.5 Å². The summed E-state index contributed by atoms with van der Waals surface area (Å²) >= 11 is 1.34. The average molecular weight is 457 g/mol. The smallest absolute Gasteiger partial charge is 0.234 e. The molecule has 0 bridgehead atoms. The van der Waals surface area contributed by atoms with Gasteiger partial charge in [0.15, 0.2) is 10.9 Å². The van der Waals surface area contributed by atoms with Crippen LogP contribution in [0.4, 0.5) is 11.4 Å². The highest BCUT2D eigenvalue weighted by molar-refractivity contribution is 7.99. The number of rotatable bonds is 8. The summed E-state index contributed by atoms with van der Waals surface area (Å²) in [6.45, 7) is 0. The largest absolute Gasteiger partial charge is 0.378 e. The summed E-state index contributed by atoms with van der Waals surface area (Å²) in [4.78, 5) is 34.4.